The normalized spacial score (nSPS) is 14.2. The van der Waals surface area contributed by atoms with Gasteiger partial charge in [-0.15, -0.1) is 0 Å². The van der Waals surface area contributed by atoms with Crippen molar-refractivity contribution in [3.05, 3.63) is 28.3 Å². The Morgan fingerprint density at radius 3 is 2.50 bits per heavy atom. The summed E-state index contributed by atoms with van der Waals surface area (Å²) in [6.07, 6.45) is 0.0979. The van der Waals surface area contributed by atoms with E-state index < -0.39 is 6.10 Å². The van der Waals surface area contributed by atoms with E-state index in [1.54, 1.807) is 0 Å². The van der Waals surface area contributed by atoms with Crippen LogP contribution in [0.2, 0.25) is 0 Å². The number of nitrogens with two attached hydrogens (primary N) is 1. The summed E-state index contributed by atoms with van der Waals surface area (Å²) in [5.74, 6) is 0.891. The van der Waals surface area contributed by atoms with Gasteiger partial charge in [-0.3, -0.25) is 0 Å². The van der Waals surface area contributed by atoms with Crippen LogP contribution in [0.5, 0.6) is 5.75 Å². The van der Waals surface area contributed by atoms with Crippen LogP contribution in [0.25, 0.3) is 0 Å². The fraction of sp³-hybridized carbons (Fsp3) is 0.625. The number of benzene rings is 1. The van der Waals surface area contributed by atoms with Gasteiger partial charge in [-0.05, 0) is 76.0 Å². The van der Waals surface area contributed by atoms with E-state index >= 15 is 0 Å². The minimum atomic E-state index is -0.641. The van der Waals surface area contributed by atoms with Crippen LogP contribution in [-0.2, 0) is 0 Å². The highest BCUT2D eigenvalue weighted by molar-refractivity contribution is 5.49. The summed E-state index contributed by atoms with van der Waals surface area (Å²) >= 11 is 0. The van der Waals surface area contributed by atoms with Crippen molar-refractivity contribution in [2.24, 2.45) is 5.73 Å². The van der Waals surface area contributed by atoms with Crippen molar-refractivity contribution >= 4 is 0 Å². The average molecular weight is 280 g/mol. The Morgan fingerprint density at radius 1 is 1.30 bits per heavy atom. The van der Waals surface area contributed by atoms with Gasteiger partial charge >= 0.3 is 0 Å². The molecule has 0 saturated heterocycles. The summed E-state index contributed by atoms with van der Waals surface area (Å²) in [6.45, 7) is 9.46. The maximum atomic E-state index is 10.5. The number of aliphatic hydroxyl groups is 1. The molecule has 2 atom stereocenters. The molecule has 0 amide bonds. The van der Waals surface area contributed by atoms with Crippen LogP contribution in [0.15, 0.2) is 6.07 Å². The summed E-state index contributed by atoms with van der Waals surface area (Å²) in [7, 11) is 1.89. The average Bonchev–Trinajstić information content (AvgIpc) is 2.42. The molecule has 2 unspecified atom stereocenters. The highest BCUT2D eigenvalue weighted by Crippen LogP contribution is 2.32. The van der Waals surface area contributed by atoms with Crippen LogP contribution >= 0.6 is 0 Å². The first kappa shape index (κ1) is 17.0. The molecule has 0 saturated carbocycles. The predicted molar refractivity (Wildman–Crippen MR) is 83.3 cm³/mol. The maximum absolute atomic E-state index is 10.5. The molecule has 114 valence electrons. The van der Waals surface area contributed by atoms with Crippen LogP contribution in [0.1, 0.15) is 41.7 Å². The summed E-state index contributed by atoms with van der Waals surface area (Å²) in [5, 5.41) is 13.6. The number of aryl methyl sites for hydroxylation is 1. The predicted octanol–water partition coefficient (Wildman–Crippen LogP) is 1.98. The standard InChI is InChI=1S/C16H28N2O2/c1-6-20-14-9-10(2)15(12(4)11(14)3)16(19)13(17)7-8-18-5/h9,13,16,18-19H,6-8,17H2,1-5H3. The van der Waals surface area contributed by atoms with Crippen LogP contribution < -0.4 is 15.8 Å². The van der Waals surface area contributed by atoms with E-state index in [4.69, 9.17) is 10.5 Å². The van der Waals surface area contributed by atoms with Gasteiger partial charge in [0.15, 0.2) is 0 Å². The van der Waals surface area contributed by atoms with Crippen LogP contribution in [0.4, 0.5) is 0 Å². The minimum Gasteiger partial charge on any atom is -0.494 e. The van der Waals surface area contributed by atoms with Gasteiger partial charge in [0.05, 0.1) is 12.7 Å². The largest absolute Gasteiger partial charge is 0.494 e. The monoisotopic (exact) mass is 280 g/mol. The molecule has 0 fully saturated rings. The van der Waals surface area contributed by atoms with Gasteiger partial charge in [-0.2, -0.15) is 0 Å². The zero-order valence-corrected chi connectivity index (χ0v) is 13.3. The zero-order chi connectivity index (χ0) is 15.3. The molecule has 0 spiro atoms. The number of ether oxygens (including phenoxy) is 1. The van der Waals surface area contributed by atoms with Crippen molar-refractivity contribution in [3.8, 4) is 5.75 Å². The first-order chi connectivity index (χ1) is 9.43. The van der Waals surface area contributed by atoms with E-state index in [0.29, 0.717) is 6.61 Å². The lowest BCUT2D eigenvalue weighted by Crippen LogP contribution is -2.32. The molecule has 4 heteroatoms. The summed E-state index contributed by atoms with van der Waals surface area (Å²) < 4.78 is 5.64. The van der Waals surface area contributed by atoms with Crippen molar-refractivity contribution in [1.29, 1.82) is 0 Å². The molecular weight excluding hydrogens is 252 g/mol. The molecule has 0 aromatic heterocycles. The molecule has 0 heterocycles. The lowest BCUT2D eigenvalue weighted by atomic mass is 9.89. The molecule has 0 aliphatic heterocycles. The van der Waals surface area contributed by atoms with Crippen molar-refractivity contribution in [2.45, 2.75) is 46.3 Å². The Balaban J connectivity index is 3.09. The topological polar surface area (TPSA) is 67.5 Å². The van der Waals surface area contributed by atoms with Gasteiger partial charge in [0.2, 0.25) is 0 Å². The zero-order valence-electron chi connectivity index (χ0n) is 13.3. The van der Waals surface area contributed by atoms with Crippen molar-refractivity contribution in [1.82, 2.24) is 5.32 Å². The third-order valence-corrected chi connectivity index (χ3v) is 3.84. The molecule has 0 aliphatic rings. The molecule has 4 nitrogen and oxygen atoms in total. The van der Waals surface area contributed by atoms with Gasteiger partial charge in [0, 0.05) is 6.04 Å². The highest BCUT2D eigenvalue weighted by atomic mass is 16.5. The lowest BCUT2D eigenvalue weighted by Gasteiger charge is -2.25. The van der Waals surface area contributed by atoms with Crippen molar-refractivity contribution in [2.75, 3.05) is 20.2 Å². The maximum Gasteiger partial charge on any atom is 0.122 e. The third kappa shape index (κ3) is 3.72. The van der Waals surface area contributed by atoms with Crippen molar-refractivity contribution in [3.63, 3.8) is 0 Å². The SMILES string of the molecule is CCOc1cc(C)c(C(O)C(N)CCNC)c(C)c1C. The first-order valence-corrected chi connectivity index (χ1v) is 7.25. The van der Waals surface area contributed by atoms with E-state index in [-0.39, 0.29) is 6.04 Å². The summed E-state index contributed by atoms with van der Waals surface area (Å²) in [5.41, 5.74) is 10.2. The Labute approximate surface area is 122 Å². The quantitative estimate of drug-likeness (QED) is 0.714. The molecule has 0 bridgehead atoms. The Bertz CT molecular complexity index is 447. The minimum absolute atomic E-state index is 0.266. The number of aliphatic hydroxyl groups excluding tert-OH is 1. The fourth-order valence-corrected chi connectivity index (χ4v) is 2.51. The van der Waals surface area contributed by atoms with E-state index in [0.717, 1.165) is 41.0 Å². The second-order valence-corrected chi connectivity index (χ2v) is 5.29. The van der Waals surface area contributed by atoms with Gasteiger partial charge in [0.1, 0.15) is 5.75 Å². The molecule has 0 radical (unpaired) electrons. The Hall–Kier alpha value is -1.10. The Morgan fingerprint density at radius 2 is 1.95 bits per heavy atom. The van der Waals surface area contributed by atoms with Crippen LogP contribution in [0.3, 0.4) is 0 Å². The number of nitrogens with one attached hydrogen (secondary N) is 1. The van der Waals surface area contributed by atoms with Gasteiger partial charge in [-0.1, -0.05) is 0 Å². The fourth-order valence-electron chi connectivity index (χ4n) is 2.51. The second-order valence-electron chi connectivity index (χ2n) is 5.29. The molecule has 0 aliphatic carbocycles. The second kappa shape index (κ2) is 7.62. The van der Waals surface area contributed by atoms with Gasteiger partial charge < -0.3 is 20.9 Å². The number of rotatable bonds is 7. The molecule has 1 rings (SSSR count). The number of hydrogen-bond donors (Lipinski definition) is 3. The first-order valence-electron chi connectivity index (χ1n) is 7.25. The molecular formula is C16H28N2O2. The Kier molecular flexibility index (Phi) is 6.46. The molecule has 1 aromatic rings. The van der Waals surface area contributed by atoms with E-state index in [2.05, 4.69) is 5.32 Å². The van der Waals surface area contributed by atoms with Crippen molar-refractivity contribution < 1.29 is 9.84 Å². The molecule has 4 N–H and O–H groups in total. The smallest absolute Gasteiger partial charge is 0.122 e. The summed E-state index contributed by atoms with van der Waals surface area (Å²) in [6, 6.07) is 1.73. The number of hydrogen-bond acceptors (Lipinski definition) is 4. The lowest BCUT2D eigenvalue weighted by molar-refractivity contribution is 0.141. The van der Waals surface area contributed by atoms with Crippen LogP contribution in [0, 0.1) is 20.8 Å². The van der Waals surface area contributed by atoms with E-state index in [1.165, 1.54) is 0 Å². The van der Waals surface area contributed by atoms with Crippen LogP contribution in [-0.4, -0.2) is 31.3 Å². The molecule has 20 heavy (non-hydrogen) atoms. The molecule has 1 aromatic carbocycles. The van der Waals surface area contributed by atoms with Gasteiger partial charge in [-0.25, -0.2) is 0 Å². The van der Waals surface area contributed by atoms with E-state index in [1.807, 2.05) is 40.8 Å². The van der Waals surface area contributed by atoms with E-state index in [9.17, 15) is 5.11 Å². The summed E-state index contributed by atoms with van der Waals surface area (Å²) in [4.78, 5) is 0. The third-order valence-electron chi connectivity index (χ3n) is 3.84. The highest BCUT2D eigenvalue weighted by Gasteiger charge is 2.22. The van der Waals surface area contributed by atoms with Gasteiger partial charge in [0.25, 0.3) is 0 Å².